The molecule has 0 bridgehead atoms. The van der Waals surface area contributed by atoms with Gasteiger partial charge in [0.1, 0.15) is 5.15 Å². The highest BCUT2D eigenvalue weighted by Crippen LogP contribution is 2.23. The van der Waals surface area contributed by atoms with E-state index in [1.165, 1.54) is 25.7 Å². The molecule has 98 valence electrons. The largest absolute Gasteiger partial charge is 0.351 e. The van der Waals surface area contributed by atoms with Gasteiger partial charge < -0.3 is 5.32 Å². The number of aromatic nitrogens is 3. The van der Waals surface area contributed by atoms with Crippen LogP contribution < -0.4 is 5.32 Å². The molecule has 3 rings (SSSR count). The third-order valence-corrected chi connectivity index (χ3v) is 3.57. The number of rotatable bonds is 3. The first-order valence-electron chi connectivity index (χ1n) is 6.53. The van der Waals surface area contributed by atoms with Crippen molar-refractivity contribution in [3.8, 4) is 11.3 Å². The quantitative estimate of drug-likeness (QED) is 0.870. The lowest BCUT2D eigenvalue weighted by Crippen LogP contribution is -2.16. The van der Waals surface area contributed by atoms with E-state index in [0.717, 1.165) is 11.3 Å². The zero-order valence-corrected chi connectivity index (χ0v) is 11.3. The van der Waals surface area contributed by atoms with Gasteiger partial charge >= 0.3 is 0 Å². The standard InChI is InChI=1S/C14H15ClN4/c15-13-9-10(5-7-16-13)12-6-8-17-14(19-12)18-11-3-1-2-4-11/h5-9,11H,1-4H2,(H,17,18,19). The molecule has 0 amide bonds. The van der Waals surface area contributed by atoms with E-state index in [0.29, 0.717) is 17.1 Å². The van der Waals surface area contributed by atoms with Crippen LogP contribution in [-0.2, 0) is 0 Å². The first-order valence-corrected chi connectivity index (χ1v) is 6.90. The molecule has 1 saturated carbocycles. The van der Waals surface area contributed by atoms with Crippen LogP contribution in [0.25, 0.3) is 11.3 Å². The van der Waals surface area contributed by atoms with Crippen LogP contribution in [0.5, 0.6) is 0 Å². The van der Waals surface area contributed by atoms with Crippen molar-refractivity contribution in [3.63, 3.8) is 0 Å². The van der Waals surface area contributed by atoms with Crippen LogP contribution in [0.1, 0.15) is 25.7 Å². The Hall–Kier alpha value is -1.68. The van der Waals surface area contributed by atoms with Crippen LogP contribution in [0.3, 0.4) is 0 Å². The smallest absolute Gasteiger partial charge is 0.223 e. The summed E-state index contributed by atoms with van der Waals surface area (Å²) in [6.07, 6.45) is 8.44. The Bertz CT molecular complexity index is 567. The van der Waals surface area contributed by atoms with Crippen molar-refractivity contribution in [2.24, 2.45) is 0 Å². The molecule has 1 aliphatic rings. The molecule has 19 heavy (non-hydrogen) atoms. The topological polar surface area (TPSA) is 50.7 Å². The third kappa shape index (κ3) is 3.01. The summed E-state index contributed by atoms with van der Waals surface area (Å²) in [6, 6.07) is 6.10. The Kier molecular flexibility index (Phi) is 3.60. The van der Waals surface area contributed by atoms with Crippen LogP contribution in [0, 0.1) is 0 Å². The SMILES string of the molecule is Clc1cc(-c2ccnc(NC3CCCC3)n2)ccn1. The summed E-state index contributed by atoms with van der Waals surface area (Å²) in [7, 11) is 0. The fourth-order valence-electron chi connectivity index (χ4n) is 2.40. The summed E-state index contributed by atoms with van der Waals surface area (Å²) >= 11 is 5.90. The van der Waals surface area contributed by atoms with E-state index in [9.17, 15) is 0 Å². The summed E-state index contributed by atoms with van der Waals surface area (Å²) < 4.78 is 0. The van der Waals surface area contributed by atoms with Gasteiger partial charge in [0.25, 0.3) is 0 Å². The van der Waals surface area contributed by atoms with Gasteiger partial charge in [-0.2, -0.15) is 0 Å². The van der Waals surface area contributed by atoms with Gasteiger partial charge in [-0.25, -0.2) is 15.0 Å². The van der Waals surface area contributed by atoms with Gasteiger partial charge in [0.05, 0.1) is 5.69 Å². The van der Waals surface area contributed by atoms with Crippen molar-refractivity contribution in [1.29, 1.82) is 0 Å². The fraction of sp³-hybridized carbons (Fsp3) is 0.357. The van der Waals surface area contributed by atoms with Gasteiger partial charge in [-0.05, 0) is 31.0 Å². The van der Waals surface area contributed by atoms with Gasteiger partial charge in [-0.1, -0.05) is 24.4 Å². The third-order valence-electron chi connectivity index (χ3n) is 3.37. The maximum absolute atomic E-state index is 5.90. The molecule has 0 atom stereocenters. The van der Waals surface area contributed by atoms with Crippen molar-refractivity contribution in [1.82, 2.24) is 15.0 Å². The van der Waals surface area contributed by atoms with E-state index >= 15 is 0 Å². The predicted molar refractivity (Wildman–Crippen MR) is 76.2 cm³/mol. The monoisotopic (exact) mass is 274 g/mol. The molecule has 0 spiro atoms. The van der Waals surface area contributed by atoms with Crippen LogP contribution in [0.4, 0.5) is 5.95 Å². The molecule has 2 heterocycles. The second-order valence-corrected chi connectivity index (χ2v) is 5.15. The Morgan fingerprint density at radius 3 is 2.68 bits per heavy atom. The molecule has 0 saturated heterocycles. The zero-order valence-electron chi connectivity index (χ0n) is 10.5. The number of nitrogens with one attached hydrogen (secondary N) is 1. The second-order valence-electron chi connectivity index (χ2n) is 4.76. The molecular formula is C14H15ClN4. The minimum Gasteiger partial charge on any atom is -0.351 e. The maximum Gasteiger partial charge on any atom is 0.223 e. The number of pyridine rings is 1. The average molecular weight is 275 g/mol. The van der Waals surface area contributed by atoms with Crippen molar-refractivity contribution in [2.75, 3.05) is 5.32 Å². The molecular weight excluding hydrogens is 260 g/mol. The number of nitrogens with zero attached hydrogens (tertiary/aromatic N) is 3. The predicted octanol–water partition coefficient (Wildman–Crippen LogP) is 3.55. The summed E-state index contributed by atoms with van der Waals surface area (Å²) in [5, 5.41) is 3.87. The molecule has 0 radical (unpaired) electrons. The summed E-state index contributed by atoms with van der Waals surface area (Å²) in [6.45, 7) is 0. The molecule has 1 fully saturated rings. The lowest BCUT2D eigenvalue weighted by Gasteiger charge is -2.12. The lowest BCUT2D eigenvalue weighted by atomic mass is 10.2. The molecule has 0 aliphatic heterocycles. The van der Waals surface area contributed by atoms with Gasteiger partial charge in [-0.3, -0.25) is 0 Å². The highest BCUT2D eigenvalue weighted by molar-refractivity contribution is 6.29. The van der Waals surface area contributed by atoms with Gasteiger partial charge in [0, 0.05) is 24.0 Å². The molecule has 4 nitrogen and oxygen atoms in total. The van der Waals surface area contributed by atoms with Crippen molar-refractivity contribution in [2.45, 2.75) is 31.7 Å². The number of anilines is 1. The van der Waals surface area contributed by atoms with E-state index < -0.39 is 0 Å². The molecule has 2 aromatic rings. The molecule has 0 aromatic carbocycles. The van der Waals surface area contributed by atoms with Crippen molar-refractivity contribution in [3.05, 3.63) is 35.7 Å². The second kappa shape index (κ2) is 5.53. The maximum atomic E-state index is 5.90. The average Bonchev–Trinajstić information content (AvgIpc) is 2.92. The Morgan fingerprint density at radius 2 is 1.89 bits per heavy atom. The minimum atomic E-state index is 0.474. The van der Waals surface area contributed by atoms with Gasteiger partial charge in [0.15, 0.2) is 0 Å². The van der Waals surface area contributed by atoms with Gasteiger partial charge in [0.2, 0.25) is 5.95 Å². The minimum absolute atomic E-state index is 0.474. The summed E-state index contributed by atoms with van der Waals surface area (Å²) in [5.41, 5.74) is 1.82. The summed E-state index contributed by atoms with van der Waals surface area (Å²) in [4.78, 5) is 12.8. The highest BCUT2D eigenvalue weighted by Gasteiger charge is 2.15. The van der Waals surface area contributed by atoms with Crippen molar-refractivity contribution >= 4 is 17.5 Å². The Balaban J connectivity index is 1.82. The van der Waals surface area contributed by atoms with Crippen LogP contribution in [0.15, 0.2) is 30.6 Å². The molecule has 1 aliphatic carbocycles. The van der Waals surface area contributed by atoms with E-state index in [1.807, 2.05) is 18.2 Å². The van der Waals surface area contributed by atoms with E-state index in [1.54, 1.807) is 12.4 Å². The molecule has 5 heteroatoms. The number of hydrogen-bond donors (Lipinski definition) is 1. The summed E-state index contributed by atoms with van der Waals surface area (Å²) in [5.74, 6) is 0.692. The Labute approximate surface area is 117 Å². The zero-order chi connectivity index (χ0) is 13.1. The van der Waals surface area contributed by atoms with Crippen LogP contribution in [-0.4, -0.2) is 21.0 Å². The van der Waals surface area contributed by atoms with Crippen molar-refractivity contribution < 1.29 is 0 Å². The first-order chi connectivity index (χ1) is 9.31. The molecule has 1 N–H and O–H groups in total. The first kappa shape index (κ1) is 12.4. The molecule has 2 aromatic heterocycles. The number of hydrogen-bond acceptors (Lipinski definition) is 4. The fourth-order valence-corrected chi connectivity index (χ4v) is 2.58. The van der Waals surface area contributed by atoms with Crippen LogP contribution >= 0.6 is 11.6 Å². The van der Waals surface area contributed by atoms with Crippen LogP contribution in [0.2, 0.25) is 5.15 Å². The molecule has 0 unspecified atom stereocenters. The Morgan fingerprint density at radius 1 is 1.11 bits per heavy atom. The van der Waals surface area contributed by atoms with E-state index in [2.05, 4.69) is 20.3 Å². The lowest BCUT2D eigenvalue weighted by molar-refractivity contribution is 0.744. The number of halogens is 1. The van der Waals surface area contributed by atoms with E-state index in [4.69, 9.17) is 11.6 Å². The van der Waals surface area contributed by atoms with Gasteiger partial charge in [-0.15, -0.1) is 0 Å². The highest BCUT2D eigenvalue weighted by atomic mass is 35.5. The van der Waals surface area contributed by atoms with E-state index in [-0.39, 0.29) is 0 Å². The normalized spacial score (nSPS) is 15.6.